The summed E-state index contributed by atoms with van der Waals surface area (Å²) in [5.74, 6) is -0.947. The Morgan fingerprint density at radius 3 is 2.60 bits per heavy atom. The molecule has 0 aliphatic heterocycles. The minimum Gasteiger partial charge on any atom is -0.476 e. The summed E-state index contributed by atoms with van der Waals surface area (Å²) in [6.45, 7) is 0. The molecule has 0 saturated carbocycles. The highest BCUT2D eigenvalue weighted by atomic mass is 16.4. The predicted octanol–water partition coefficient (Wildman–Crippen LogP) is 1.66. The number of anilines is 2. The molecule has 1 aromatic carbocycles. The maximum absolute atomic E-state index is 10.8. The molecular weight excluding hydrogens is 258 g/mol. The number of aromatic nitrogens is 2. The van der Waals surface area contributed by atoms with Crippen LogP contribution in [0.3, 0.4) is 0 Å². The van der Waals surface area contributed by atoms with E-state index in [1.54, 1.807) is 6.07 Å². The number of carboxylic acids is 1. The van der Waals surface area contributed by atoms with Crippen LogP contribution in [0.15, 0.2) is 30.6 Å². The fourth-order valence-corrected chi connectivity index (χ4v) is 1.49. The number of hydrogen-bond acceptors (Lipinski definition) is 6. The van der Waals surface area contributed by atoms with E-state index < -0.39 is 5.97 Å². The number of carbonyl (C=O) groups is 1. The molecule has 20 heavy (non-hydrogen) atoms. The van der Waals surface area contributed by atoms with Gasteiger partial charge in [-0.3, -0.25) is 4.98 Å². The first-order valence-corrected chi connectivity index (χ1v) is 5.40. The molecule has 0 spiro atoms. The zero-order chi connectivity index (χ0) is 14.5. The fraction of sp³-hybridized carbons (Fsp3) is 0. The van der Waals surface area contributed by atoms with E-state index in [-0.39, 0.29) is 22.6 Å². The molecule has 0 aliphatic rings. The molecule has 0 fully saturated rings. The molecule has 0 bridgehead atoms. The second-order valence-electron chi connectivity index (χ2n) is 3.70. The minimum absolute atomic E-state index is 0.191. The van der Waals surface area contributed by atoms with Gasteiger partial charge in [-0.05, 0) is 18.2 Å². The van der Waals surface area contributed by atoms with Crippen molar-refractivity contribution in [1.29, 1.82) is 10.5 Å². The molecule has 0 aliphatic carbocycles. The predicted molar refractivity (Wildman–Crippen MR) is 68.1 cm³/mol. The highest BCUT2D eigenvalue weighted by Crippen LogP contribution is 2.18. The number of benzene rings is 1. The summed E-state index contributed by atoms with van der Waals surface area (Å²) >= 11 is 0. The van der Waals surface area contributed by atoms with E-state index in [2.05, 4.69) is 15.3 Å². The third-order valence-electron chi connectivity index (χ3n) is 2.39. The smallest absolute Gasteiger partial charge is 0.356 e. The van der Waals surface area contributed by atoms with Gasteiger partial charge in [0.05, 0.1) is 23.5 Å². The van der Waals surface area contributed by atoms with Crippen molar-refractivity contribution in [2.45, 2.75) is 0 Å². The minimum atomic E-state index is -1.18. The van der Waals surface area contributed by atoms with Crippen molar-refractivity contribution in [2.75, 3.05) is 5.32 Å². The van der Waals surface area contributed by atoms with Crippen molar-refractivity contribution in [3.8, 4) is 12.1 Å². The van der Waals surface area contributed by atoms with E-state index in [0.717, 1.165) is 6.20 Å². The lowest BCUT2D eigenvalue weighted by Gasteiger charge is -2.06. The van der Waals surface area contributed by atoms with Gasteiger partial charge in [0.15, 0.2) is 5.69 Å². The van der Waals surface area contributed by atoms with Gasteiger partial charge in [-0.2, -0.15) is 10.5 Å². The van der Waals surface area contributed by atoms with Gasteiger partial charge in [0.1, 0.15) is 18.0 Å². The van der Waals surface area contributed by atoms with E-state index >= 15 is 0 Å². The summed E-state index contributed by atoms with van der Waals surface area (Å²) < 4.78 is 0. The molecule has 7 nitrogen and oxygen atoms in total. The van der Waals surface area contributed by atoms with Crippen LogP contribution in [0.25, 0.3) is 0 Å². The van der Waals surface area contributed by atoms with Crippen molar-refractivity contribution >= 4 is 17.5 Å². The van der Waals surface area contributed by atoms with Gasteiger partial charge in [-0.15, -0.1) is 0 Å². The second kappa shape index (κ2) is 5.46. The average Bonchev–Trinajstić information content (AvgIpc) is 2.47. The maximum atomic E-state index is 10.8. The normalized spacial score (nSPS) is 9.30. The quantitative estimate of drug-likeness (QED) is 0.864. The van der Waals surface area contributed by atoms with Crippen molar-refractivity contribution < 1.29 is 9.90 Å². The largest absolute Gasteiger partial charge is 0.476 e. The summed E-state index contributed by atoms with van der Waals surface area (Å²) in [7, 11) is 0. The van der Waals surface area contributed by atoms with E-state index in [1.807, 2.05) is 12.1 Å². The van der Waals surface area contributed by atoms with E-state index in [4.69, 9.17) is 15.6 Å². The number of hydrogen-bond donors (Lipinski definition) is 2. The van der Waals surface area contributed by atoms with Crippen LogP contribution >= 0.6 is 0 Å². The number of nitriles is 2. The number of nitrogens with zero attached hydrogens (tertiary/aromatic N) is 4. The Labute approximate surface area is 113 Å². The molecule has 7 heteroatoms. The summed E-state index contributed by atoms with van der Waals surface area (Å²) in [5, 5.41) is 29.4. The molecule has 0 amide bonds. The van der Waals surface area contributed by atoms with Crippen LogP contribution in [0, 0.1) is 22.7 Å². The van der Waals surface area contributed by atoms with Gasteiger partial charge in [-0.25, -0.2) is 9.78 Å². The number of aromatic carboxylic acids is 1. The van der Waals surface area contributed by atoms with E-state index in [9.17, 15) is 4.79 Å². The first kappa shape index (κ1) is 13.0. The summed E-state index contributed by atoms with van der Waals surface area (Å²) in [6.07, 6.45) is 2.49. The van der Waals surface area contributed by atoms with Gasteiger partial charge in [-0.1, -0.05) is 0 Å². The molecule has 1 aromatic heterocycles. The molecule has 2 N–H and O–H groups in total. The Bertz CT molecular complexity index is 758. The van der Waals surface area contributed by atoms with Crippen molar-refractivity contribution in [3.05, 3.63) is 47.4 Å². The molecule has 2 rings (SSSR count). The standard InChI is InChI=1S/C13H7N5O2/c14-4-8-1-2-10(3-9(8)5-15)17-12-7-16-6-11(18-12)13(19)20/h1-3,6-7H,(H,17,18)(H,19,20). The highest BCUT2D eigenvalue weighted by Gasteiger charge is 2.07. The molecule has 2 aromatic rings. The zero-order valence-corrected chi connectivity index (χ0v) is 10.0. The van der Waals surface area contributed by atoms with Gasteiger partial charge >= 0.3 is 5.97 Å². The lowest BCUT2D eigenvalue weighted by Crippen LogP contribution is -2.04. The highest BCUT2D eigenvalue weighted by molar-refractivity contribution is 5.85. The molecule has 0 radical (unpaired) electrons. The van der Waals surface area contributed by atoms with Crippen LogP contribution in [-0.4, -0.2) is 21.0 Å². The molecule has 0 unspecified atom stereocenters. The molecule has 0 saturated heterocycles. The molecule has 96 valence electrons. The molecule has 0 atom stereocenters. The fourth-order valence-electron chi connectivity index (χ4n) is 1.49. The average molecular weight is 265 g/mol. The SMILES string of the molecule is N#Cc1ccc(Nc2cncc(C(=O)O)n2)cc1C#N. The number of rotatable bonds is 3. The Morgan fingerprint density at radius 1 is 1.20 bits per heavy atom. The van der Waals surface area contributed by atoms with Crippen LogP contribution in [0.1, 0.15) is 21.6 Å². The Hall–Kier alpha value is -3.45. The summed E-state index contributed by atoms with van der Waals surface area (Å²) in [4.78, 5) is 18.4. The summed E-state index contributed by atoms with van der Waals surface area (Å²) in [6, 6.07) is 8.38. The zero-order valence-electron chi connectivity index (χ0n) is 10.0. The van der Waals surface area contributed by atoms with Crippen LogP contribution in [-0.2, 0) is 0 Å². The molecule has 1 heterocycles. The van der Waals surface area contributed by atoms with Crippen LogP contribution in [0.4, 0.5) is 11.5 Å². The van der Waals surface area contributed by atoms with Crippen molar-refractivity contribution in [2.24, 2.45) is 0 Å². The maximum Gasteiger partial charge on any atom is 0.356 e. The van der Waals surface area contributed by atoms with Crippen LogP contribution in [0.2, 0.25) is 0 Å². The first-order valence-electron chi connectivity index (χ1n) is 5.40. The van der Waals surface area contributed by atoms with E-state index in [1.165, 1.54) is 18.3 Å². The monoisotopic (exact) mass is 265 g/mol. The van der Waals surface area contributed by atoms with Crippen LogP contribution in [0.5, 0.6) is 0 Å². The van der Waals surface area contributed by atoms with Gasteiger partial charge in [0, 0.05) is 5.69 Å². The molecular formula is C13H7N5O2. The van der Waals surface area contributed by atoms with Gasteiger partial charge in [0.2, 0.25) is 0 Å². The van der Waals surface area contributed by atoms with Gasteiger partial charge in [0.25, 0.3) is 0 Å². The third kappa shape index (κ3) is 2.68. The Balaban J connectivity index is 2.31. The lowest BCUT2D eigenvalue weighted by molar-refractivity contribution is 0.0690. The number of carboxylic acid groups (broad SMARTS) is 1. The summed E-state index contributed by atoms with van der Waals surface area (Å²) in [5.41, 5.74) is 0.810. The topological polar surface area (TPSA) is 123 Å². The lowest BCUT2D eigenvalue weighted by atomic mass is 10.1. The Morgan fingerprint density at radius 2 is 1.95 bits per heavy atom. The second-order valence-corrected chi connectivity index (χ2v) is 3.70. The van der Waals surface area contributed by atoms with Crippen molar-refractivity contribution in [1.82, 2.24) is 9.97 Å². The van der Waals surface area contributed by atoms with E-state index in [0.29, 0.717) is 5.69 Å². The van der Waals surface area contributed by atoms with Gasteiger partial charge < -0.3 is 10.4 Å². The Kier molecular flexibility index (Phi) is 3.55. The van der Waals surface area contributed by atoms with Crippen LogP contribution < -0.4 is 5.32 Å². The number of nitrogens with one attached hydrogen (secondary N) is 1. The third-order valence-corrected chi connectivity index (χ3v) is 2.39. The first-order chi connectivity index (χ1) is 9.63. The van der Waals surface area contributed by atoms with Crippen molar-refractivity contribution in [3.63, 3.8) is 0 Å².